The van der Waals surface area contributed by atoms with Crippen LogP contribution in [0.15, 0.2) is 34.9 Å². The minimum absolute atomic E-state index is 0.00866. The van der Waals surface area contributed by atoms with Gasteiger partial charge in [-0.3, -0.25) is 9.59 Å². The lowest BCUT2D eigenvalue weighted by molar-refractivity contribution is -0.154. The number of aromatic nitrogens is 3. The smallest absolute Gasteiger partial charge is 0.306 e. The average molecular weight is 469 g/mol. The van der Waals surface area contributed by atoms with Crippen LogP contribution in [0, 0.1) is 12.7 Å². The molecule has 180 valence electrons. The van der Waals surface area contributed by atoms with Gasteiger partial charge < -0.3 is 19.1 Å². The van der Waals surface area contributed by atoms with Crippen LogP contribution in [0.1, 0.15) is 73.1 Å². The summed E-state index contributed by atoms with van der Waals surface area (Å²) < 4.78 is 26.1. The Bertz CT molecular complexity index is 1170. The van der Waals surface area contributed by atoms with Crippen LogP contribution in [0.2, 0.25) is 0 Å². The first-order valence-corrected chi connectivity index (χ1v) is 11.6. The fourth-order valence-electron chi connectivity index (χ4n) is 4.27. The number of hydrogen-bond acceptors (Lipinski definition) is 6. The lowest BCUT2D eigenvalue weighted by Crippen LogP contribution is -2.26. The minimum atomic E-state index is -0.346. The van der Waals surface area contributed by atoms with Crippen molar-refractivity contribution in [2.75, 3.05) is 0 Å². The van der Waals surface area contributed by atoms with E-state index in [1.165, 1.54) is 12.1 Å². The number of halogens is 1. The van der Waals surface area contributed by atoms with Gasteiger partial charge in [-0.25, -0.2) is 9.37 Å². The number of esters is 1. The Kier molecular flexibility index (Phi) is 7.09. The summed E-state index contributed by atoms with van der Waals surface area (Å²) >= 11 is 0. The number of imidazole rings is 1. The van der Waals surface area contributed by atoms with Gasteiger partial charge in [-0.1, -0.05) is 19.0 Å². The highest BCUT2D eigenvalue weighted by Gasteiger charge is 2.27. The molecule has 3 aromatic rings. The van der Waals surface area contributed by atoms with Crippen LogP contribution in [0.25, 0.3) is 11.4 Å². The molecule has 1 aliphatic rings. The molecular weight excluding hydrogens is 439 g/mol. The summed E-state index contributed by atoms with van der Waals surface area (Å²) in [6.45, 7) is 6.52. The van der Waals surface area contributed by atoms with Crippen molar-refractivity contribution in [2.24, 2.45) is 0 Å². The molecule has 0 radical (unpaired) electrons. The molecule has 34 heavy (non-hydrogen) atoms. The number of aryl methyl sites for hydroxylation is 1. The van der Waals surface area contributed by atoms with Gasteiger partial charge in [0.25, 0.3) is 5.91 Å². The second-order valence-electron chi connectivity index (χ2n) is 8.89. The molecule has 0 aliphatic carbocycles. The third kappa shape index (κ3) is 5.35. The second-order valence-corrected chi connectivity index (χ2v) is 8.89. The molecule has 9 heteroatoms. The monoisotopic (exact) mass is 468 g/mol. The van der Waals surface area contributed by atoms with Crippen molar-refractivity contribution in [3.8, 4) is 11.4 Å². The molecule has 3 heterocycles. The van der Waals surface area contributed by atoms with E-state index >= 15 is 0 Å². The lowest BCUT2D eigenvalue weighted by atomic mass is 10.0. The van der Waals surface area contributed by atoms with E-state index in [4.69, 9.17) is 14.2 Å². The third-order valence-corrected chi connectivity index (χ3v) is 5.86. The van der Waals surface area contributed by atoms with Gasteiger partial charge in [-0.15, -0.1) is 0 Å². The van der Waals surface area contributed by atoms with E-state index in [0.717, 1.165) is 18.5 Å². The van der Waals surface area contributed by atoms with Crippen LogP contribution in [0.5, 0.6) is 0 Å². The van der Waals surface area contributed by atoms with Crippen molar-refractivity contribution in [1.29, 1.82) is 0 Å². The molecule has 2 aromatic heterocycles. The third-order valence-electron chi connectivity index (χ3n) is 5.86. The number of nitrogens with zero attached hydrogens (tertiary/aromatic N) is 3. The molecule has 0 spiro atoms. The Morgan fingerprint density at radius 2 is 2.06 bits per heavy atom. The summed E-state index contributed by atoms with van der Waals surface area (Å²) in [7, 11) is 0. The van der Waals surface area contributed by atoms with Gasteiger partial charge >= 0.3 is 5.97 Å². The van der Waals surface area contributed by atoms with Gasteiger partial charge in [-0.2, -0.15) is 0 Å². The summed E-state index contributed by atoms with van der Waals surface area (Å²) in [6.07, 6.45) is 2.51. The molecule has 1 N–H and O–H groups in total. The quantitative estimate of drug-likeness (QED) is 0.488. The number of carbonyl (C=O) groups is 2. The molecule has 8 nitrogen and oxygen atoms in total. The first-order valence-electron chi connectivity index (χ1n) is 11.6. The molecule has 1 fully saturated rings. The Balaban J connectivity index is 1.66. The van der Waals surface area contributed by atoms with E-state index in [-0.39, 0.29) is 36.3 Å². The highest BCUT2D eigenvalue weighted by molar-refractivity contribution is 5.94. The van der Waals surface area contributed by atoms with Crippen LogP contribution >= 0.6 is 0 Å². The van der Waals surface area contributed by atoms with Crippen LogP contribution < -0.4 is 5.32 Å². The normalized spacial score (nSPS) is 16.0. The minimum Gasteiger partial charge on any atom is -0.462 e. The maximum atomic E-state index is 13.6. The van der Waals surface area contributed by atoms with Crippen molar-refractivity contribution in [3.63, 3.8) is 0 Å². The fraction of sp³-hybridized carbons (Fsp3) is 0.440. The SMILES string of the molecule is Cc1cc(CNC(=O)c2nc(-c3ccc(F)cc3)n(CCC3CCCC(=O)O3)c2C(C)C)no1. The molecule has 4 rings (SSSR count). The first-order chi connectivity index (χ1) is 16.3. The molecule has 1 atom stereocenters. The number of hydrogen-bond donors (Lipinski definition) is 1. The predicted octanol–water partition coefficient (Wildman–Crippen LogP) is 4.52. The fourth-order valence-corrected chi connectivity index (χ4v) is 4.27. The van der Waals surface area contributed by atoms with E-state index in [1.54, 1.807) is 25.1 Å². The van der Waals surface area contributed by atoms with Crippen molar-refractivity contribution in [2.45, 2.75) is 71.6 Å². The second kappa shape index (κ2) is 10.2. The van der Waals surface area contributed by atoms with Gasteiger partial charge in [-0.05, 0) is 49.9 Å². The van der Waals surface area contributed by atoms with Crippen molar-refractivity contribution < 1.29 is 23.2 Å². The standard InChI is InChI=1S/C25H29FN4O4/c1-15(2)23-22(25(32)27-14-19-13-16(3)34-29-19)28-24(17-7-9-18(26)10-8-17)30(23)12-11-20-5-4-6-21(31)33-20/h7-10,13,15,20H,4-6,11-12,14H2,1-3H3,(H,27,32). The maximum absolute atomic E-state index is 13.6. The largest absolute Gasteiger partial charge is 0.462 e. The molecule has 0 saturated carbocycles. The molecule has 1 saturated heterocycles. The number of cyclic esters (lactones) is 1. The first kappa shape index (κ1) is 23.7. The van der Waals surface area contributed by atoms with Gasteiger partial charge in [0, 0.05) is 31.0 Å². The van der Waals surface area contributed by atoms with Crippen LogP contribution in [-0.2, 0) is 22.6 Å². The van der Waals surface area contributed by atoms with Gasteiger partial charge in [0.15, 0.2) is 0 Å². The zero-order chi connectivity index (χ0) is 24.2. The van der Waals surface area contributed by atoms with E-state index in [0.29, 0.717) is 47.9 Å². The number of nitrogens with one attached hydrogen (secondary N) is 1. The lowest BCUT2D eigenvalue weighted by Gasteiger charge is -2.23. The predicted molar refractivity (Wildman–Crippen MR) is 122 cm³/mol. The van der Waals surface area contributed by atoms with E-state index in [1.807, 2.05) is 18.4 Å². The number of benzene rings is 1. The van der Waals surface area contributed by atoms with Gasteiger partial charge in [0.2, 0.25) is 0 Å². The van der Waals surface area contributed by atoms with Crippen molar-refractivity contribution in [3.05, 3.63) is 59.0 Å². The highest BCUT2D eigenvalue weighted by atomic mass is 19.1. The topological polar surface area (TPSA) is 99.2 Å². The maximum Gasteiger partial charge on any atom is 0.306 e. The van der Waals surface area contributed by atoms with Crippen LogP contribution in [0.3, 0.4) is 0 Å². The average Bonchev–Trinajstić information content (AvgIpc) is 3.40. The number of ether oxygens (including phenoxy) is 1. The van der Waals surface area contributed by atoms with E-state index in [9.17, 15) is 14.0 Å². The Hall–Kier alpha value is -3.49. The molecule has 0 bridgehead atoms. The summed E-state index contributed by atoms with van der Waals surface area (Å²) in [5, 5.41) is 6.78. The van der Waals surface area contributed by atoms with Crippen molar-refractivity contribution >= 4 is 11.9 Å². The molecular formula is C25H29FN4O4. The summed E-state index contributed by atoms with van der Waals surface area (Å²) in [5.41, 5.74) is 2.41. The van der Waals surface area contributed by atoms with Crippen molar-refractivity contribution in [1.82, 2.24) is 20.0 Å². The van der Waals surface area contributed by atoms with Crippen LogP contribution in [-0.4, -0.2) is 32.7 Å². The summed E-state index contributed by atoms with van der Waals surface area (Å²) in [5.74, 6) is 0.390. The molecule has 1 unspecified atom stereocenters. The molecule has 1 aliphatic heterocycles. The summed E-state index contributed by atoms with van der Waals surface area (Å²) in [6, 6.07) is 7.81. The van der Waals surface area contributed by atoms with E-state index < -0.39 is 0 Å². The number of amides is 1. The molecule has 1 amide bonds. The highest BCUT2D eigenvalue weighted by Crippen LogP contribution is 2.29. The zero-order valence-electron chi connectivity index (χ0n) is 19.6. The Morgan fingerprint density at radius 3 is 2.71 bits per heavy atom. The van der Waals surface area contributed by atoms with Crippen LogP contribution in [0.4, 0.5) is 4.39 Å². The zero-order valence-corrected chi connectivity index (χ0v) is 19.6. The Morgan fingerprint density at radius 1 is 1.29 bits per heavy atom. The Labute approximate surface area is 197 Å². The van der Waals surface area contributed by atoms with E-state index in [2.05, 4.69) is 10.5 Å². The van der Waals surface area contributed by atoms with Gasteiger partial charge in [0.05, 0.1) is 12.2 Å². The molecule has 1 aromatic carbocycles. The summed E-state index contributed by atoms with van der Waals surface area (Å²) in [4.78, 5) is 29.6. The number of carbonyl (C=O) groups excluding carboxylic acids is 2. The van der Waals surface area contributed by atoms with Gasteiger partial charge in [0.1, 0.15) is 34.9 Å². The number of rotatable bonds is 8.